The summed E-state index contributed by atoms with van der Waals surface area (Å²) < 4.78 is 0. The second-order valence-corrected chi connectivity index (χ2v) is 4.67. The van der Waals surface area contributed by atoms with E-state index in [-0.39, 0.29) is 18.3 Å². The van der Waals surface area contributed by atoms with Crippen LogP contribution in [0.2, 0.25) is 0 Å². The van der Waals surface area contributed by atoms with Crippen molar-refractivity contribution in [1.82, 2.24) is 9.88 Å². The van der Waals surface area contributed by atoms with Crippen molar-refractivity contribution < 1.29 is 4.79 Å². The van der Waals surface area contributed by atoms with Gasteiger partial charge in [-0.2, -0.15) is 0 Å². The maximum Gasteiger partial charge on any atom is 0.272 e. The molecule has 1 aliphatic carbocycles. The lowest BCUT2D eigenvalue weighted by Crippen LogP contribution is -2.34. The molecule has 0 spiro atoms. The molecule has 5 heteroatoms. The second-order valence-electron chi connectivity index (χ2n) is 4.67. The van der Waals surface area contributed by atoms with Gasteiger partial charge in [0, 0.05) is 13.1 Å². The van der Waals surface area contributed by atoms with Crippen LogP contribution in [-0.4, -0.2) is 28.9 Å². The molecule has 0 radical (unpaired) electrons. The molecule has 1 fully saturated rings. The van der Waals surface area contributed by atoms with Gasteiger partial charge in [0.05, 0.1) is 11.9 Å². The van der Waals surface area contributed by atoms with Crippen LogP contribution in [0.15, 0.2) is 18.3 Å². The molecule has 0 bridgehead atoms. The molecule has 4 nitrogen and oxygen atoms in total. The van der Waals surface area contributed by atoms with Gasteiger partial charge in [0.2, 0.25) is 0 Å². The predicted octanol–water partition coefficient (Wildman–Crippen LogP) is 2.35. The van der Waals surface area contributed by atoms with E-state index in [1.165, 1.54) is 19.0 Å². The minimum Gasteiger partial charge on any atom is -0.397 e. The number of pyridine rings is 1. The van der Waals surface area contributed by atoms with Crippen LogP contribution in [0.4, 0.5) is 5.69 Å². The van der Waals surface area contributed by atoms with Crippen LogP contribution in [0.25, 0.3) is 0 Å². The smallest absolute Gasteiger partial charge is 0.272 e. The molecule has 0 aromatic carbocycles. The van der Waals surface area contributed by atoms with Gasteiger partial charge in [-0.3, -0.25) is 4.79 Å². The lowest BCUT2D eigenvalue weighted by molar-refractivity contribution is 0.0742. The zero-order valence-corrected chi connectivity index (χ0v) is 11.4. The molecule has 2 N–H and O–H groups in total. The number of carbonyl (C=O) groups excluding carboxylic acids is 1. The van der Waals surface area contributed by atoms with E-state index in [1.807, 2.05) is 4.90 Å². The van der Waals surface area contributed by atoms with Gasteiger partial charge in [0.25, 0.3) is 5.91 Å². The average molecular weight is 270 g/mol. The van der Waals surface area contributed by atoms with Crippen molar-refractivity contribution in [2.24, 2.45) is 5.92 Å². The molecule has 0 aliphatic heterocycles. The fourth-order valence-electron chi connectivity index (χ4n) is 1.85. The van der Waals surface area contributed by atoms with Crippen LogP contribution < -0.4 is 5.73 Å². The highest BCUT2D eigenvalue weighted by Gasteiger charge is 2.27. The van der Waals surface area contributed by atoms with Crippen LogP contribution >= 0.6 is 12.4 Å². The zero-order valence-electron chi connectivity index (χ0n) is 10.6. The first-order chi connectivity index (χ1) is 8.20. The zero-order chi connectivity index (χ0) is 12.3. The Labute approximate surface area is 114 Å². The summed E-state index contributed by atoms with van der Waals surface area (Å²) in [5, 5.41) is 0. The second kappa shape index (κ2) is 6.59. The molecular formula is C13H20ClN3O. The van der Waals surface area contributed by atoms with Crippen molar-refractivity contribution in [2.45, 2.75) is 26.2 Å². The van der Waals surface area contributed by atoms with Crippen LogP contribution in [0.1, 0.15) is 36.7 Å². The van der Waals surface area contributed by atoms with Gasteiger partial charge in [-0.25, -0.2) is 4.98 Å². The average Bonchev–Trinajstić information content (AvgIpc) is 3.13. The molecule has 1 saturated carbocycles. The largest absolute Gasteiger partial charge is 0.397 e. The molecule has 2 rings (SSSR count). The summed E-state index contributed by atoms with van der Waals surface area (Å²) in [6, 6.07) is 3.43. The monoisotopic (exact) mass is 269 g/mol. The van der Waals surface area contributed by atoms with Crippen molar-refractivity contribution in [3.63, 3.8) is 0 Å². The van der Waals surface area contributed by atoms with Crippen molar-refractivity contribution in [2.75, 3.05) is 18.8 Å². The lowest BCUT2D eigenvalue weighted by Gasteiger charge is -2.21. The molecule has 1 heterocycles. The molecule has 1 amide bonds. The van der Waals surface area contributed by atoms with E-state index < -0.39 is 0 Å². The van der Waals surface area contributed by atoms with Gasteiger partial charge in [0.15, 0.2) is 0 Å². The molecule has 0 atom stereocenters. The van der Waals surface area contributed by atoms with Crippen LogP contribution in [0.5, 0.6) is 0 Å². The van der Waals surface area contributed by atoms with Gasteiger partial charge in [-0.1, -0.05) is 6.92 Å². The molecule has 1 aliphatic rings. The van der Waals surface area contributed by atoms with Crippen molar-refractivity contribution in [3.8, 4) is 0 Å². The van der Waals surface area contributed by atoms with Gasteiger partial charge in [-0.15, -0.1) is 12.4 Å². The van der Waals surface area contributed by atoms with Crippen LogP contribution in [0.3, 0.4) is 0 Å². The number of halogens is 1. The number of anilines is 1. The summed E-state index contributed by atoms with van der Waals surface area (Å²) in [7, 11) is 0. The molecule has 0 saturated heterocycles. The Hall–Kier alpha value is -1.29. The van der Waals surface area contributed by atoms with Gasteiger partial charge in [-0.05, 0) is 37.3 Å². The molecule has 1 aromatic rings. The Morgan fingerprint density at radius 3 is 2.72 bits per heavy atom. The molecule has 1 aromatic heterocycles. The van der Waals surface area contributed by atoms with Crippen LogP contribution in [0, 0.1) is 5.92 Å². The highest BCUT2D eigenvalue weighted by atomic mass is 35.5. The fraction of sp³-hybridized carbons (Fsp3) is 0.538. The normalized spacial score (nSPS) is 13.8. The predicted molar refractivity (Wildman–Crippen MR) is 74.8 cm³/mol. The highest BCUT2D eigenvalue weighted by Crippen LogP contribution is 2.30. The quantitative estimate of drug-likeness (QED) is 0.893. The van der Waals surface area contributed by atoms with Crippen molar-refractivity contribution in [3.05, 3.63) is 24.0 Å². The number of nitrogens with zero attached hydrogens (tertiary/aromatic N) is 2. The number of nitrogen functional groups attached to an aromatic ring is 1. The number of hydrogen-bond donors (Lipinski definition) is 1. The SMILES string of the molecule is CCCN(CC1CC1)C(=O)c1ccc(N)cn1.Cl. The van der Waals surface area contributed by atoms with E-state index in [0.717, 1.165) is 19.5 Å². The minimum absolute atomic E-state index is 0. The third kappa shape index (κ3) is 3.88. The summed E-state index contributed by atoms with van der Waals surface area (Å²) in [4.78, 5) is 18.2. The van der Waals surface area contributed by atoms with Gasteiger partial charge in [0.1, 0.15) is 5.69 Å². The Kier molecular flexibility index (Phi) is 5.41. The fourth-order valence-corrected chi connectivity index (χ4v) is 1.85. The number of nitrogens with two attached hydrogens (primary N) is 1. The van der Waals surface area contributed by atoms with Crippen molar-refractivity contribution in [1.29, 1.82) is 0 Å². The van der Waals surface area contributed by atoms with E-state index in [2.05, 4.69) is 11.9 Å². The summed E-state index contributed by atoms with van der Waals surface area (Å²) >= 11 is 0. The van der Waals surface area contributed by atoms with E-state index in [9.17, 15) is 4.79 Å². The van der Waals surface area contributed by atoms with E-state index >= 15 is 0 Å². The number of amides is 1. The molecule has 18 heavy (non-hydrogen) atoms. The number of aromatic nitrogens is 1. The topological polar surface area (TPSA) is 59.2 Å². The summed E-state index contributed by atoms with van der Waals surface area (Å²) in [6.45, 7) is 3.77. The lowest BCUT2D eigenvalue weighted by atomic mass is 10.2. The number of rotatable bonds is 5. The number of hydrogen-bond acceptors (Lipinski definition) is 3. The Morgan fingerprint density at radius 2 is 2.22 bits per heavy atom. The summed E-state index contributed by atoms with van der Waals surface area (Å²) in [5.41, 5.74) is 6.65. The third-order valence-corrected chi connectivity index (χ3v) is 2.96. The van der Waals surface area contributed by atoms with Gasteiger partial charge >= 0.3 is 0 Å². The Morgan fingerprint density at radius 1 is 1.50 bits per heavy atom. The number of carbonyl (C=O) groups is 1. The van der Waals surface area contributed by atoms with E-state index in [4.69, 9.17) is 5.73 Å². The first-order valence-corrected chi connectivity index (χ1v) is 6.21. The van der Waals surface area contributed by atoms with E-state index in [1.54, 1.807) is 12.1 Å². The highest BCUT2D eigenvalue weighted by molar-refractivity contribution is 5.92. The molecule has 100 valence electrons. The Bertz CT molecular complexity index is 390. The van der Waals surface area contributed by atoms with E-state index in [0.29, 0.717) is 17.3 Å². The van der Waals surface area contributed by atoms with Gasteiger partial charge < -0.3 is 10.6 Å². The first-order valence-electron chi connectivity index (χ1n) is 6.21. The maximum absolute atomic E-state index is 12.2. The molecule has 0 unspecified atom stereocenters. The minimum atomic E-state index is 0. The summed E-state index contributed by atoms with van der Waals surface area (Å²) in [5.74, 6) is 0.734. The maximum atomic E-state index is 12.2. The standard InChI is InChI=1S/C13H19N3O.ClH/c1-2-7-16(9-10-3-4-10)13(17)12-6-5-11(14)8-15-12;/h5-6,8,10H,2-4,7,9,14H2,1H3;1H. The molecular weight excluding hydrogens is 250 g/mol. The third-order valence-electron chi connectivity index (χ3n) is 2.96. The van der Waals surface area contributed by atoms with Crippen molar-refractivity contribution >= 4 is 24.0 Å². The van der Waals surface area contributed by atoms with Crippen LogP contribution in [-0.2, 0) is 0 Å². The summed E-state index contributed by atoms with van der Waals surface area (Å²) in [6.07, 6.45) is 5.02. The first kappa shape index (κ1) is 14.8. The Balaban J connectivity index is 0.00000162.